The minimum atomic E-state index is -0.763. The topological polar surface area (TPSA) is 101 Å². The molecule has 8 nitrogen and oxygen atoms in total. The molecule has 0 spiro atoms. The number of amides is 4. The first-order chi connectivity index (χ1) is 12.0. The third kappa shape index (κ3) is 3.42. The van der Waals surface area contributed by atoms with Gasteiger partial charge in [0.1, 0.15) is 0 Å². The Morgan fingerprint density at radius 1 is 1.00 bits per heavy atom. The molecule has 2 aliphatic rings. The summed E-state index contributed by atoms with van der Waals surface area (Å²) in [6, 6.07) is 5.90. The maximum atomic E-state index is 12.1. The molecule has 1 aromatic carbocycles. The zero-order valence-corrected chi connectivity index (χ0v) is 13.4. The molecule has 2 fully saturated rings. The summed E-state index contributed by atoms with van der Waals surface area (Å²) in [7, 11) is 0. The largest absolute Gasteiger partial charge is 0.452 e. The van der Waals surface area contributed by atoms with Crippen molar-refractivity contribution >= 4 is 35.3 Å². The maximum absolute atomic E-state index is 12.1. The molecule has 0 aliphatic carbocycles. The van der Waals surface area contributed by atoms with Gasteiger partial charge in [-0.25, -0.2) is 4.79 Å². The van der Waals surface area contributed by atoms with E-state index in [1.807, 2.05) is 0 Å². The van der Waals surface area contributed by atoms with Gasteiger partial charge in [-0.3, -0.25) is 29.0 Å². The average molecular weight is 344 g/mol. The molecule has 8 heteroatoms. The number of imide groups is 2. The van der Waals surface area contributed by atoms with Crippen LogP contribution in [0.3, 0.4) is 0 Å². The fraction of sp³-hybridized carbons (Fsp3) is 0.353. The third-order valence-corrected chi connectivity index (χ3v) is 4.09. The third-order valence-electron chi connectivity index (χ3n) is 4.09. The van der Waals surface area contributed by atoms with E-state index in [0.29, 0.717) is 25.1 Å². The number of esters is 1. The number of likely N-dealkylation sites (tertiary alicyclic amines) is 1. The van der Waals surface area contributed by atoms with E-state index in [4.69, 9.17) is 4.74 Å². The lowest BCUT2D eigenvalue weighted by atomic mass is 10.2. The second kappa shape index (κ2) is 6.84. The highest BCUT2D eigenvalue weighted by Gasteiger charge is 2.31. The van der Waals surface area contributed by atoms with Crippen LogP contribution in [-0.2, 0) is 23.9 Å². The van der Waals surface area contributed by atoms with Gasteiger partial charge in [-0.1, -0.05) is 6.07 Å². The van der Waals surface area contributed by atoms with E-state index in [9.17, 15) is 24.0 Å². The molecule has 2 heterocycles. The lowest BCUT2D eigenvalue weighted by Gasteiger charge is -2.15. The highest BCUT2D eigenvalue weighted by atomic mass is 16.5. The second-order valence-corrected chi connectivity index (χ2v) is 5.79. The number of ether oxygens (including phenoxy) is 1. The SMILES string of the molecule is O=C(OCC(=O)N1CCCC1=O)c1cccc(N2C(=O)CCC2=O)c1. The number of anilines is 1. The standard InChI is InChI=1S/C17H16N2O6/c20-13-5-2-8-18(13)16(23)10-25-17(24)11-3-1-4-12(9-11)19-14(21)6-7-15(19)22/h1,3-4,9H,2,5-8,10H2. The summed E-state index contributed by atoms with van der Waals surface area (Å²) < 4.78 is 4.95. The molecular formula is C17H16N2O6. The molecule has 0 N–H and O–H groups in total. The van der Waals surface area contributed by atoms with Gasteiger partial charge in [0.2, 0.25) is 17.7 Å². The van der Waals surface area contributed by atoms with Gasteiger partial charge < -0.3 is 4.74 Å². The minimum Gasteiger partial charge on any atom is -0.452 e. The predicted octanol–water partition coefficient (Wildman–Crippen LogP) is 0.646. The highest BCUT2D eigenvalue weighted by Crippen LogP contribution is 2.23. The molecule has 0 radical (unpaired) electrons. The van der Waals surface area contributed by atoms with Crippen molar-refractivity contribution in [1.82, 2.24) is 4.90 Å². The maximum Gasteiger partial charge on any atom is 0.338 e. The minimum absolute atomic E-state index is 0.116. The normalized spacial score (nSPS) is 17.4. The van der Waals surface area contributed by atoms with Crippen LogP contribution in [0.15, 0.2) is 24.3 Å². The van der Waals surface area contributed by atoms with Crippen molar-refractivity contribution < 1.29 is 28.7 Å². The highest BCUT2D eigenvalue weighted by molar-refractivity contribution is 6.20. The Morgan fingerprint density at radius 2 is 1.72 bits per heavy atom. The molecule has 3 rings (SSSR count). The van der Waals surface area contributed by atoms with Crippen LogP contribution in [-0.4, -0.2) is 47.6 Å². The van der Waals surface area contributed by atoms with Crippen molar-refractivity contribution in [2.24, 2.45) is 0 Å². The molecule has 0 atom stereocenters. The van der Waals surface area contributed by atoms with E-state index in [1.165, 1.54) is 18.2 Å². The van der Waals surface area contributed by atoms with Gasteiger partial charge in [0, 0.05) is 25.8 Å². The summed E-state index contributed by atoms with van der Waals surface area (Å²) in [5.74, 6) is -2.23. The van der Waals surface area contributed by atoms with Crippen LogP contribution in [0, 0.1) is 0 Å². The first kappa shape index (κ1) is 16.8. The fourth-order valence-electron chi connectivity index (χ4n) is 2.84. The number of hydrogen-bond donors (Lipinski definition) is 0. The first-order valence-corrected chi connectivity index (χ1v) is 7.93. The quantitative estimate of drug-likeness (QED) is 0.587. The number of benzene rings is 1. The van der Waals surface area contributed by atoms with E-state index >= 15 is 0 Å². The Morgan fingerprint density at radius 3 is 2.36 bits per heavy atom. The van der Waals surface area contributed by atoms with Crippen molar-refractivity contribution in [3.05, 3.63) is 29.8 Å². The molecule has 0 saturated carbocycles. The Balaban J connectivity index is 1.65. The van der Waals surface area contributed by atoms with Gasteiger partial charge in [-0.2, -0.15) is 0 Å². The fourth-order valence-corrected chi connectivity index (χ4v) is 2.84. The van der Waals surface area contributed by atoms with Crippen LogP contribution in [0.5, 0.6) is 0 Å². The molecule has 0 aromatic heterocycles. The Labute approximate surface area is 143 Å². The number of carbonyl (C=O) groups excluding carboxylic acids is 5. The van der Waals surface area contributed by atoms with Gasteiger partial charge in [0.25, 0.3) is 5.91 Å². The van der Waals surface area contributed by atoms with Crippen molar-refractivity contribution in [2.45, 2.75) is 25.7 Å². The number of carbonyl (C=O) groups is 5. The van der Waals surface area contributed by atoms with E-state index in [2.05, 4.69) is 0 Å². The van der Waals surface area contributed by atoms with Crippen LogP contribution >= 0.6 is 0 Å². The van der Waals surface area contributed by atoms with Crippen molar-refractivity contribution in [2.75, 3.05) is 18.1 Å². The van der Waals surface area contributed by atoms with E-state index in [1.54, 1.807) is 6.07 Å². The van der Waals surface area contributed by atoms with Crippen LogP contribution in [0.2, 0.25) is 0 Å². The second-order valence-electron chi connectivity index (χ2n) is 5.79. The molecule has 130 valence electrons. The zero-order valence-electron chi connectivity index (χ0n) is 13.4. The van der Waals surface area contributed by atoms with Crippen LogP contribution in [0.25, 0.3) is 0 Å². The van der Waals surface area contributed by atoms with E-state index < -0.39 is 18.5 Å². The Bertz CT molecular complexity index is 756. The van der Waals surface area contributed by atoms with Gasteiger partial charge in [-0.05, 0) is 24.6 Å². The number of rotatable bonds is 4. The summed E-state index contributed by atoms with van der Waals surface area (Å²) in [5, 5.41) is 0. The molecule has 4 amide bonds. The molecule has 0 unspecified atom stereocenters. The Hall–Kier alpha value is -3.03. The number of hydrogen-bond acceptors (Lipinski definition) is 6. The molecule has 2 saturated heterocycles. The van der Waals surface area contributed by atoms with E-state index in [-0.39, 0.29) is 36.1 Å². The van der Waals surface area contributed by atoms with Gasteiger partial charge >= 0.3 is 5.97 Å². The van der Waals surface area contributed by atoms with E-state index in [0.717, 1.165) is 9.80 Å². The van der Waals surface area contributed by atoms with Gasteiger partial charge in [0.15, 0.2) is 6.61 Å². The lowest BCUT2D eigenvalue weighted by Crippen LogP contribution is -2.35. The van der Waals surface area contributed by atoms with Crippen molar-refractivity contribution in [3.8, 4) is 0 Å². The van der Waals surface area contributed by atoms with Crippen LogP contribution in [0.4, 0.5) is 5.69 Å². The average Bonchev–Trinajstić information content (AvgIpc) is 3.18. The predicted molar refractivity (Wildman–Crippen MR) is 84.4 cm³/mol. The van der Waals surface area contributed by atoms with Crippen LogP contribution < -0.4 is 4.90 Å². The molecule has 0 bridgehead atoms. The lowest BCUT2D eigenvalue weighted by molar-refractivity contribution is -0.144. The monoisotopic (exact) mass is 344 g/mol. The number of nitrogens with zero attached hydrogens (tertiary/aromatic N) is 2. The summed E-state index contributed by atoms with van der Waals surface area (Å²) in [6.45, 7) is -0.194. The molecule has 25 heavy (non-hydrogen) atoms. The van der Waals surface area contributed by atoms with Crippen molar-refractivity contribution in [3.63, 3.8) is 0 Å². The summed E-state index contributed by atoms with van der Waals surface area (Å²) in [5.41, 5.74) is 0.411. The van der Waals surface area contributed by atoms with Crippen molar-refractivity contribution in [1.29, 1.82) is 0 Å². The molecular weight excluding hydrogens is 328 g/mol. The van der Waals surface area contributed by atoms with Crippen LogP contribution in [0.1, 0.15) is 36.0 Å². The molecule has 1 aromatic rings. The summed E-state index contributed by atoms with van der Waals surface area (Å²) in [4.78, 5) is 61.1. The first-order valence-electron chi connectivity index (χ1n) is 7.93. The smallest absolute Gasteiger partial charge is 0.338 e. The van der Waals surface area contributed by atoms with Gasteiger partial charge in [-0.15, -0.1) is 0 Å². The summed E-state index contributed by atoms with van der Waals surface area (Å²) >= 11 is 0. The summed E-state index contributed by atoms with van der Waals surface area (Å²) in [6.07, 6.45) is 1.22. The zero-order chi connectivity index (χ0) is 18.0. The van der Waals surface area contributed by atoms with Gasteiger partial charge in [0.05, 0.1) is 11.3 Å². The Kier molecular flexibility index (Phi) is 4.60. The molecule has 2 aliphatic heterocycles.